The van der Waals surface area contributed by atoms with Gasteiger partial charge in [-0.3, -0.25) is 0 Å². The van der Waals surface area contributed by atoms with E-state index in [4.69, 9.17) is 10.5 Å². The Morgan fingerprint density at radius 2 is 2.18 bits per heavy atom. The molecule has 0 saturated carbocycles. The lowest BCUT2D eigenvalue weighted by molar-refractivity contribution is 0.415. The Morgan fingerprint density at radius 1 is 1.41 bits per heavy atom. The number of ether oxygens (including phenoxy) is 1. The quantitative estimate of drug-likeness (QED) is 0.877. The minimum Gasteiger partial charge on any atom is -0.497 e. The molecule has 2 rings (SSSR count). The van der Waals surface area contributed by atoms with Gasteiger partial charge in [-0.25, -0.2) is 4.98 Å². The van der Waals surface area contributed by atoms with Crippen LogP contribution in [0.15, 0.2) is 24.3 Å². The van der Waals surface area contributed by atoms with E-state index in [2.05, 4.69) is 9.55 Å². The highest BCUT2D eigenvalue weighted by Crippen LogP contribution is 2.27. The van der Waals surface area contributed by atoms with Gasteiger partial charge in [0.25, 0.3) is 0 Å². The summed E-state index contributed by atoms with van der Waals surface area (Å²) in [5.41, 5.74) is 8.78. The van der Waals surface area contributed by atoms with E-state index in [1.807, 2.05) is 38.2 Å². The largest absolute Gasteiger partial charge is 0.497 e. The Kier molecular flexibility index (Phi) is 3.15. The Balaban J connectivity index is 2.58. The van der Waals surface area contributed by atoms with Gasteiger partial charge in [-0.05, 0) is 19.1 Å². The Bertz CT molecular complexity index is 531. The van der Waals surface area contributed by atoms with Crippen molar-refractivity contribution in [1.29, 1.82) is 0 Å². The monoisotopic (exact) mass is 231 g/mol. The normalized spacial score (nSPS) is 10.6. The lowest BCUT2D eigenvalue weighted by Gasteiger charge is -2.07. The number of nitrogens with two attached hydrogens (primary N) is 1. The van der Waals surface area contributed by atoms with Crippen LogP contribution in [0.2, 0.25) is 0 Å². The van der Waals surface area contributed by atoms with Gasteiger partial charge in [-0.2, -0.15) is 0 Å². The van der Waals surface area contributed by atoms with Crippen LogP contribution in [-0.4, -0.2) is 16.7 Å². The number of benzene rings is 1. The van der Waals surface area contributed by atoms with E-state index in [1.54, 1.807) is 7.11 Å². The Morgan fingerprint density at radius 3 is 2.82 bits per heavy atom. The first-order valence-electron chi connectivity index (χ1n) is 5.54. The van der Waals surface area contributed by atoms with Gasteiger partial charge in [-0.15, -0.1) is 0 Å². The Labute approximate surface area is 101 Å². The van der Waals surface area contributed by atoms with Crippen molar-refractivity contribution < 1.29 is 4.74 Å². The molecule has 1 aromatic carbocycles. The summed E-state index contributed by atoms with van der Waals surface area (Å²) in [7, 11) is 3.66. The van der Waals surface area contributed by atoms with E-state index in [-0.39, 0.29) is 0 Å². The zero-order chi connectivity index (χ0) is 12.4. The van der Waals surface area contributed by atoms with Gasteiger partial charge in [0, 0.05) is 19.2 Å². The first kappa shape index (κ1) is 11.7. The van der Waals surface area contributed by atoms with Crippen LogP contribution in [-0.2, 0) is 13.6 Å². The zero-order valence-electron chi connectivity index (χ0n) is 10.4. The van der Waals surface area contributed by atoms with Gasteiger partial charge in [-0.1, -0.05) is 12.1 Å². The molecule has 0 saturated heterocycles. The molecule has 0 fully saturated rings. The summed E-state index contributed by atoms with van der Waals surface area (Å²) in [6.07, 6.45) is 0. The maximum absolute atomic E-state index is 5.73. The van der Waals surface area contributed by atoms with Crippen molar-refractivity contribution in [2.45, 2.75) is 13.5 Å². The van der Waals surface area contributed by atoms with Gasteiger partial charge >= 0.3 is 0 Å². The van der Waals surface area contributed by atoms with E-state index in [1.165, 1.54) is 0 Å². The summed E-state index contributed by atoms with van der Waals surface area (Å²) in [6.45, 7) is 2.41. The third-order valence-corrected chi connectivity index (χ3v) is 2.93. The van der Waals surface area contributed by atoms with E-state index in [9.17, 15) is 0 Å². The minimum atomic E-state index is 0.439. The topological polar surface area (TPSA) is 53.1 Å². The molecule has 4 heteroatoms. The van der Waals surface area contributed by atoms with E-state index >= 15 is 0 Å². The van der Waals surface area contributed by atoms with Gasteiger partial charge in [0.1, 0.15) is 11.6 Å². The van der Waals surface area contributed by atoms with Crippen LogP contribution in [0.4, 0.5) is 0 Å². The standard InChI is InChI=1S/C13H17N3O/c1-9-15-12(8-14)13(16(9)2)10-5-4-6-11(7-10)17-3/h4-7H,8,14H2,1-3H3. The fourth-order valence-corrected chi connectivity index (χ4v) is 1.95. The van der Waals surface area contributed by atoms with Crippen molar-refractivity contribution >= 4 is 0 Å². The van der Waals surface area contributed by atoms with E-state index < -0.39 is 0 Å². The smallest absolute Gasteiger partial charge is 0.119 e. The fourth-order valence-electron chi connectivity index (χ4n) is 1.95. The van der Waals surface area contributed by atoms with Gasteiger partial charge in [0.2, 0.25) is 0 Å². The number of methoxy groups -OCH3 is 1. The summed E-state index contributed by atoms with van der Waals surface area (Å²) in [4.78, 5) is 4.46. The van der Waals surface area contributed by atoms with Crippen LogP contribution < -0.4 is 10.5 Å². The molecule has 2 aromatic rings. The maximum Gasteiger partial charge on any atom is 0.119 e. The average molecular weight is 231 g/mol. The maximum atomic E-state index is 5.73. The number of imidazole rings is 1. The van der Waals surface area contributed by atoms with Crippen LogP contribution in [0.5, 0.6) is 5.75 Å². The molecule has 0 radical (unpaired) electrons. The molecule has 0 atom stereocenters. The highest BCUT2D eigenvalue weighted by atomic mass is 16.5. The van der Waals surface area contributed by atoms with Crippen LogP contribution in [0, 0.1) is 6.92 Å². The molecule has 0 amide bonds. The van der Waals surface area contributed by atoms with Crippen molar-refractivity contribution in [3.05, 3.63) is 35.8 Å². The molecular weight excluding hydrogens is 214 g/mol. The van der Waals surface area contributed by atoms with E-state index in [0.717, 1.165) is 28.5 Å². The van der Waals surface area contributed by atoms with Gasteiger partial charge in [0.15, 0.2) is 0 Å². The number of aryl methyl sites for hydroxylation is 1. The average Bonchev–Trinajstić information content (AvgIpc) is 2.65. The van der Waals surface area contributed by atoms with Crippen molar-refractivity contribution in [2.24, 2.45) is 12.8 Å². The zero-order valence-corrected chi connectivity index (χ0v) is 10.4. The summed E-state index contributed by atoms with van der Waals surface area (Å²) >= 11 is 0. The predicted molar refractivity (Wildman–Crippen MR) is 67.8 cm³/mol. The molecule has 0 bridgehead atoms. The van der Waals surface area contributed by atoms with Gasteiger partial charge in [0.05, 0.1) is 18.5 Å². The van der Waals surface area contributed by atoms with Gasteiger partial charge < -0.3 is 15.0 Å². The summed E-state index contributed by atoms with van der Waals surface area (Å²) in [6, 6.07) is 7.93. The molecule has 0 aliphatic heterocycles. The number of hydrogen-bond donors (Lipinski definition) is 1. The highest BCUT2D eigenvalue weighted by Gasteiger charge is 2.13. The summed E-state index contributed by atoms with van der Waals surface area (Å²) in [5.74, 6) is 1.80. The number of hydrogen-bond acceptors (Lipinski definition) is 3. The Hall–Kier alpha value is -1.81. The molecule has 1 heterocycles. The third kappa shape index (κ3) is 2.03. The molecule has 17 heavy (non-hydrogen) atoms. The minimum absolute atomic E-state index is 0.439. The van der Waals surface area contributed by atoms with Crippen LogP contribution in [0.25, 0.3) is 11.3 Å². The SMILES string of the molecule is COc1cccc(-c2c(CN)nc(C)n2C)c1. The molecule has 0 aliphatic carbocycles. The third-order valence-electron chi connectivity index (χ3n) is 2.93. The van der Waals surface area contributed by atoms with Crippen molar-refractivity contribution in [3.8, 4) is 17.0 Å². The van der Waals surface area contributed by atoms with Crippen molar-refractivity contribution in [1.82, 2.24) is 9.55 Å². The fraction of sp³-hybridized carbons (Fsp3) is 0.308. The number of rotatable bonds is 3. The second kappa shape index (κ2) is 4.59. The highest BCUT2D eigenvalue weighted by molar-refractivity contribution is 5.64. The van der Waals surface area contributed by atoms with Crippen LogP contribution >= 0.6 is 0 Å². The second-order valence-corrected chi connectivity index (χ2v) is 3.95. The lowest BCUT2D eigenvalue weighted by Crippen LogP contribution is -2.00. The molecule has 1 aromatic heterocycles. The summed E-state index contributed by atoms with van der Waals surface area (Å²) < 4.78 is 7.29. The molecule has 4 nitrogen and oxygen atoms in total. The molecule has 90 valence electrons. The summed E-state index contributed by atoms with van der Waals surface area (Å²) in [5, 5.41) is 0. The first-order chi connectivity index (χ1) is 8.17. The van der Waals surface area contributed by atoms with Crippen molar-refractivity contribution in [3.63, 3.8) is 0 Å². The van der Waals surface area contributed by atoms with Crippen LogP contribution in [0.3, 0.4) is 0 Å². The van der Waals surface area contributed by atoms with E-state index in [0.29, 0.717) is 6.54 Å². The predicted octanol–water partition coefficient (Wildman–Crippen LogP) is 1.86. The first-order valence-corrected chi connectivity index (χ1v) is 5.54. The number of nitrogens with zero attached hydrogens (tertiary/aromatic N) is 2. The molecular formula is C13H17N3O. The second-order valence-electron chi connectivity index (χ2n) is 3.95. The number of aromatic nitrogens is 2. The van der Waals surface area contributed by atoms with Crippen molar-refractivity contribution in [2.75, 3.05) is 7.11 Å². The lowest BCUT2D eigenvalue weighted by atomic mass is 10.1. The molecule has 2 N–H and O–H groups in total. The molecule has 0 spiro atoms. The molecule has 0 unspecified atom stereocenters. The van der Waals surface area contributed by atoms with Crippen LogP contribution in [0.1, 0.15) is 11.5 Å². The molecule has 0 aliphatic rings.